The SMILES string of the molecule is CCS(=O)(=O)CCOc1ccc(S(=O)(=O)NC(C(=O)O)C(C)C)cc1. The Morgan fingerprint density at radius 3 is 2.16 bits per heavy atom. The minimum Gasteiger partial charge on any atom is -0.493 e. The number of rotatable bonds is 10. The van der Waals surface area contributed by atoms with Gasteiger partial charge in [0.2, 0.25) is 10.0 Å². The molecule has 142 valence electrons. The standard InChI is InChI=1S/C15H23NO7S2/c1-4-24(19,20)10-9-23-12-5-7-13(8-6-12)25(21,22)16-14(11(2)3)15(17)18/h5-8,11,14,16H,4,9-10H2,1-3H3,(H,17,18). The zero-order valence-electron chi connectivity index (χ0n) is 14.3. The lowest BCUT2D eigenvalue weighted by atomic mass is 10.1. The van der Waals surface area contributed by atoms with Gasteiger partial charge in [-0.2, -0.15) is 4.72 Å². The normalized spacial score (nSPS) is 13.6. The molecule has 0 aliphatic heterocycles. The highest BCUT2D eigenvalue weighted by Crippen LogP contribution is 2.17. The van der Waals surface area contributed by atoms with E-state index in [4.69, 9.17) is 9.84 Å². The molecule has 2 N–H and O–H groups in total. The molecule has 1 rings (SSSR count). The van der Waals surface area contributed by atoms with Crippen molar-refractivity contribution in [2.24, 2.45) is 5.92 Å². The number of sulfone groups is 1. The van der Waals surface area contributed by atoms with Crippen LogP contribution in [0.1, 0.15) is 20.8 Å². The predicted octanol–water partition coefficient (Wildman–Crippen LogP) is 0.888. The van der Waals surface area contributed by atoms with Crippen LogP contribution in [0.2, 0.25) is 0 Å². The van der Waals surface area contributed by atoms with Gasteiger partial charge in [0, 0.05) is 5.75 Å². The molecule has 1 unspecified atom stereocenters. The molecule has 0 spiro atoms. The predicted molar refractivity (Wildman–Crippen MR) is 92.8 cm³/mol. The maximum absolute atomic E-state index is 12.3. The molecule has 0 aromatic heterocycles. The van der Waals surface area contributed by atoms with Gasteiger partial charge in [0.1, 0.15) is 18.4 Å². The van der Waals surface area contributed by atoms with E-state index in [9.17, 15) is 21.6 Å². The van der Waals surface area contributed by atoms with Crippen molar-refractivity contribution in [3.63, 3.8) is 0 Å². The Bertz CT molecular complexity index is 784. The molecule has 0 fully saturated rings. The van der Waals surface area contributed by atoms with Crippen molar-refractivity contribution < 1.29 is 31.5 Å². The molecule has 8 nitrogen and oxygen atoms in total. The van der Waals surface area contributed by atoms with E-state index >= 15 is 0 Å². The van der Waals surface area contributed by atoms with Crippen molar-refractivity contribution >= 4 is 25.8 Å². The summed E-state index contributed by atoms with van der Waals surface area (Å²) in [4.78, 5) is 11.0. The molecule has 0 amide bonds. The van der Waals surface area contributed by atoms with E-state index < -0.39 is 37.8 Å². The first-order chi connectivity index (χ1) is 11.5. The van der Waals surface area contributed by atoms with E-state index in [2.05, 4.69) is 4.72 Å². The zero-order chi connectivity index (χ0) is 19.3. The number of benzene rings is 1. The molecular formula is C15H23NO7S2. The fraction of sp³-hybridized carbons (Fsp3) is 0.533. The monoisotopic (exact) mass is 393 g/mol. The summed E-state index contributed by atoms with van der Waals surface area (Å²) in [6.45, 7) is 4.71. The van der Waals surface area contributed by atoms with Crippen LogP contribution in [0.4, 0.5) is 0 Å². The van der Waals surface area contributed by atoms with Crippen LogP contribution in [-0.2, 0) is 24.7 Å². The molecule has 10 heteroatoms. The van der Waals surface area contributed by atoms with Crippen LogP contribution in [-0.4, -0.2) is 52.1 Å². The van der Waals surface area contributed by atoms with E-state index in [-0.39, 0.29) is 23.0 Å². The van der Waals surface area contributed by atoms with E-state index in [0.717, 1.165) is 0 Å². The largest absolute Gasteiger partial charge is 0.493 e. The third-order valence-corrected chi connectivity index (χ3v) is 6.58. The molecule has 1 atom stereocenters. The highest BCUT2D eigenvalue weighted by Gasteiger charge is 2.27. The Hall–Kier alpha value is -1.65. The Balaban J connectivity index is 2.79. The second-order valence-electron chi connectivity index (χ2n) is 5.74. The zero-order valence-corrected chi connectivity index (χ0v) is 15.9. The molecule has 0 saturated heterocycles. The van der Waals surface area contributed by atoms with Gasteiger partial charge in [0.15, 0.2) is 9.84 Å². The minimum atomic E-state index is -4.00. The molecule has 0 heterocycles. The molecule has 0 radical (unpaired) electrons. The number of sulfonamides is 1. The summed E-state index contributed by atoms with van der Waals surface area (Å²) in [7, 11) is -7.13. The van der Waals surface area contributed by atoms with Gasteiger partial charge in [-0.3, -0.25) is 4.79 Å². The number of carbonyl (C=O) groups is 1. The maximum Gasteiger partial charge on any atom is 0.322 e. The van der Waals surface area contributed by atoms with Crippen LogP contribution in [0.3, 0.4) is 0 Å². The Morgan fingerprint density at radius 2 is 1.72 bits per heavy atom. The average Bonchev–Trinajstić information content (AvgIpc) is 2.52. The number of nitrogens with one attached hydrogen (secondary N) is 1. The molecule has 0 bridgehead atoms. The van der Waals surface area contributed by atoms with Crippen molar-refractivity contribution in [1.82, 2.24) is 4.72 Å². The summed E-state index contributed by atoms with van der Waals surface area (Å²) in [5.41, 5.74) is 0. The number of ether oxygens (including phenoxy) is 1. The third kappa shape index (κ3) is 6.63. The number of hydrogen-bond donors (Lipinski definition) is 2. The number of aliphatic carboxylic acids is 1. The first kappa shape index (κ1) is 21.4. The lowest BCUT2D eigenvalue weighted by molar-refractivity contribution is -0.140. The summed E-state index contributed by atoms with van der Waals surface area (Å²) < 4.78 is 54.7. The first-order valence-corrected chi connectivity index (χ1v) is 11.0. The van der Waals surface area contributed by atoms with Crippen LogP contribution < -0.4 is 9.46 Å². The van der Waals surface area contributed by atoms with Crippen LogP contribution in [0, 0.1) is 5.92 Å². The number of hydrogen-bond acceptors (Lipinski definition) is 6. The average molecular weight is 393 g/mol. The summed E-state index contributed by atoms with van der Waals surface area (Å²) in [6.07, 6.45) is 0. The lowest BCUT2D eigenvalue weighted by Gasteiger charge is -2.18. The van der Waals surface area contributed by atoms with Crippen LogP contribution in [0.5, 0.6) is 5.75 Å². The molecule has 0 aliphatic rings. The third-order valence-electron chi connectivity index (χ3n) is 3.45. The van der Waals surface area contributed by atoms with E-state index in [0.29, 0.717) is 5.75 Å². The summed E-state index contributed by atoms with van der Waals surface area (Å²) in [5, 5.41) is 9.09. The van der Waals surface area contributed by atoms with Crippen molar-refractivity contribution in [2.45, 2.75) is 31.7 Å². The Morgan fingerprint density at radius 1 is 1.16 bits per heavy atom. The van der Waals surface area contributed by atoms with Crippen molar-refractivity contribution in [3.05, 3.63) is 24.3 Å². The molecule has 1 aromatic carbocycles. The van der Waals surface area contributed by atoms with Gasteiger partial charge < -0.3 is 9.84 Å². The van der Waals surface area contributed by atoms with Gasteiger partial charge in [0.25, 0.3) is 0 Å². The van der Waals surface area contributed by atoms with Gasteiger partial charge in [-0.15, -0.1) is 0 Å². The first-order valence-electron chi connectivity index (χ1n) is 7.67. The van der Waals surface area contributed by atoms with Gasteiger partial charge in [-0.25, -0.2) is 16.8 Å². The van der Waals surface area contributed by atoms with Crippen LogP contribution in [0.15, 0.2) is 29.2 Å². The smallest absolute Gasteiger partial charge is 0.322 e. The minimum absolute atomic E-state index is 0.0276. The summed E-state index contributed by atoms with van der Waals surface area (Å²) >= 11 is 0. The molecular weight excluding hydrogens is 370 g/mol. The fourth-order valence-electron chi connectivity index (χ4n) is 1.85. The van der Waals surface area contributed by atoms with Gasteiger partial charge >= 0.3 is 5.97 Å². The molecule has 1 aromatic rings. The van der Waals surface area contributed by atoms with E-state index in [1.165, 1.54) is 24.3 Å². The van der Waals surface area contributed by atoms with Gasteiger partial charge in [0.05, 0.1) is 10.6 Å². The Labute approximate surface area is 148 Å². The summed E-state index contributed by atoms with van der Waals surface area (Å²) in [5.74, 6) is -1.45. The van der Waals surface area contributed by atoms with E-state index in [1.807, 2.05) is 0 Å². The highest BCUT2D eigenvalue weighted by atomic mass is 32.2. The second kappa shape index (κ2) is 8.63. The van der Waals surface area contributed by atoms with Gasteiger partial charge in [-0.1, -0.05) is 20.8 Å². The van der Waals surface area contributed by atoms with Crippen molar-refractivity contribution in [3.8, 4) is 5.75 Å². The second-order valence-corrected chi connectivity index (χ2v) is 9.92. The van der Waals surface area contributed by atoms with Crippen LogP contribution in [0.25, 0.3) is 0 Å². The fourth-order valence-corrected chi connectivity index (χ4v) is 3.82. The lowest BCUT2D eigenvalue weighted by Crippen LogP contribution is -2.44. The summed E-state index contributed by atoms with van der Waals surface area (Å²) in [6, 6.07) is 4.08. The number of carboxylic acids is 1. The Kier molecular flexibility index (Phi) is 7.39. The molecule has 0 saturated carbocycles. The maximum atomic E-state index is 12.3. The van der Waals surface area contributed by atoms with Crippen molar-refractivity contribution in [1.29, 1.82) is 0 Å². The highest BCUT2D eigenvalue weighted by molar-refractivity contribution is 7.91. The molecule has 0 aliphatic carbocycles. The van der Waals surface area contributed by atoms with Gasteiger partial charge in [-0.05, 0) is 30.2 Å². The number of carboxylic acid groups (broad SMARTS) is 1. The van der Waals surface area contributed by atoms with E-state index in [1.54, 1.807) is 20.8 Å². The van der Waals surface area contributed by atoms with Crippen LogP contribution >= 0.6 is 0 Å². The molecule has 25 heavy (non-hydrogen) atoms. The van der Waals surface area contributed by atoms with Crippen molar-refractivity contribution in [2.75, 3.05) is 18.1 Å². The quantitative estimate of drug-likeness (QED) is 0.604. The topological polar surface area (TPSA) is 127 Å².